The third-order valence-corrected chi connectivity index (χ3v) is 8.86. The molecule has 0 aliphatic carbocycles. The Morgan fingerprint density at radius 1 is 0.818 bits per heavy atom. The number of nitrogens with one attached hydrogen (secondary N) is 1. The van der Waals surface area contributed by atoms with Crippen LogP contribution in [0.4, 0.5) is 10.1 Å². The predicted molar refractivity (Wildman–Crippen MR) is 171 cm³/mol. The van der Waals surface area contributed by atoms with Crippen LogP contribution in [0.2, 0.25) is 5.02 Å². The second kappa shape index (κ2) is 14.1. The average Bonchev–Trinajstić information content (AvgIpc) is 2.99. The summed E-state index contributed by atoms with van der Waals surface area (Å²) in [4.78, 5) is 29.6. The van der Waals surface area contributed by atoms with Crippen molar-refractivity contribution in [3.63, 3.8) is 0 Å². The number of benzene rings is 4. The van der Waals surface area contributed by atoms with E-state index in [1.54, 1.807) is 36.4 Å². The maximum absolute atomic E-state index is 14.4. The van der Waals surface area contributed by atoms with Gasteiger partial charge in [0, 0.05) is 18.5 Å². The number of halogens is 2. The summed E-state index contributed by atoms with van der Waals surface area (Å²) >= 11 is 6.48. The summed E-state index contributed by atoms with van der Waals surface area (Å²) in [7, 11) is -4.27. The normalized spacial score (nSPS) is 12.3. The number of carbonyl (C=O) groups excluding carboxylic acids is 2. The lowest BCUT2D eigenvalue weighted by atomic mass is 10.0. The molecule has 0 fully saturated rings. The first kappa shape index (κ1) is 32.7. The Hall–Kier alpha value is -4.21. The van der Waals surface area contributed by atoms with Crippen molar-refractivity contribution in [3.8, 4) is 0 Å². The highest BCUT2D eigenvalue weighted by Gasteiger charge is 2.36. The number of sulfonamides is 1. The smallest absolute Gasteiger partial charge is 0.264 e. The Labute approximate surface area is 263 Å². The van der Waals surface area contributed by atoms with Gasteiger partial charge in [-0.2, -0.15) is 0 Å². The molecule has 0 bridgehead atoms. The van der Waals surface area contributed by atoms with Gasteiger partial charge in [-0.3, -0.25) is 13.9 Å². The monoisotopic (exact) mass is 635 g/mol. The Balaban J connectivity index is 1.82. The fourth-order valence-electron chi connectivity index (χ4n) is 4.68. The number of anilines is 1. The van der Waals surface area contributed by atoms with Gasteiger partial charge in [0.05, 0.1) is 15.6 Å². The Bertz CT molecular complexity index is 1680. The van der Waals surface area contributed by atoms with Crippen LogP contribution in [0.3, 0.4) is 0 Å². The molecule has 0 heterocycles. The number of hydrogen-bond acceptors (Lipinski definition) is 4. The van der Waals surface area contributed by atoms with Crippen molar-refractivity contribution in [3.05, 3.63) is 131 Å². The van der Waals surface area contributed by atoms with Crippen LogP contribution in [0.5, 0.6) is 0 Å². The Morgan fingerprint density at radius 3 is 1.98 bits per heavy atom. The molecule has 0 aromatic heterocycles. The number of hydrogen-bond donors (Lipinski definition) is 1. The van der Waals surface area contributed by atoms with E-state index in [1.165, 1.54) is 47.4 Å². The minimum Gasteiger partial charge on any atom is -0.350 e. The first-order valence-electron chi connectivity index (χ1n) is 14.1. The Morgan fingerprint density at radius 2 is 1.39 bits per heavy atom. The maximum atomic E-state index is 14.4. The SMILES string of the molecule is CC(C)(C)NC(=O)[C@@H](Cc1ccccc1)N(Cc1ccc(F)cc1)C(=O)CN(c1ccccc1Cl)S(=O)(=O)c1ccccc1. The zero-order chi connectivity index (χ0) is 31.9. The summed E-state index contributed by atoms with van der Waals surface area (Å²) in [5, 5.41) is 3.11. The maximum Gasteiger partial charge on any atom is 0.264 e. The van der Waals surface area contributed by atoms with Gasteiger partial charge in [0.15, 0.2) is 0 Å². The first-order valence-corrected chi connectivity index (χ1v) is 15.9. The first-order chi connectivity index (χ1) is 20.8. The highest BCUT2D eigenvalue weighted by Crippen LogP contribution is 2.31. The quantitative estimate of drug-likeness (QED) is 0.212. The van der Waals surface area contributed by atoms with Gasteiger partial charge >= 0.3 is 0 Å². The zero-order valence-corrected chi connectivity index (χ0v) is 26.4. The van der Waals surface area contributed by atoms with Crippen molar-refractivity contribution in [1.29, 1.82) is 0 Å². The van der Waals surface area contributed by atoms with Gasteiger partial charge in [0.2, 0.25) is 11.8 Å². The molecule has 1 atom stereocenters. The summed E-state index contributed by atoms with van der Waals surface area (Å²) in [6, 6.07) is 27.9. The van der Waals surface area contributed by atoms with Gasteiger partial charge in [-0.15, -0.1) is 0 Å². The fourth-order valence-corrected chi connectivity index (χ4v) is 6.42. The molecule has 1 N–H and O–H groups in total. The molecule has 4 rings (SSSR count). The summed E-state index contributed by atoms with van der Waals surface area (Å²) in [5.41, 5.74) is 0.874. The molecule has 4 aromatic rings. The van der Waals surface area contributed by atoms with Crippen molar-refractivity contribution in [1.82, 2.24) is 10.2 Å². The van der Waals surface area contributed by atoms with E-state index in [4.69, 9.17) is 11.6 Å². The van der Waals surface area contributed by atoms with Gasteiger partial charge in [-0.1, -0.05) is 84.4 Å². The molecular formula is C34H35ClFN3O4S. The van der Waals surface area contributed by atoms with Crippen molar-refractivity contribution in [2.45, 2.75) is 50.2 Å². The molecule has 4 aromatic carbocycles. The third kappa shape index (κ3) is 8.45. The lowest BCUT2D eigenvalue weighted by molar-refractivity contribution is -0.140. The van der Waals surface area contributed by atoms with Crippen molar-refractivity contribution in [2.24, 2.45) is 0 Å². The van der Waals surface area contributed by atoms with Crippen LogP contribution < -0.4 is 9.62 Å². The van der Waals surface area contributed by atoms with Crippen molar-refractivity contribution < 1.29 is 22.4 Å². The zero-order valence-electron chi connectivity index (χ0n) is 24.8. The molecular weight excluding hydrogens is 601 g/mol. The summed E-state index contributed by atoms with van der Waals surface area (Å²) in [6.45, 7) is 4.79. The van der Waals surface area contributed by atoms with Crippen LogP contribution in [-0.2, 0) is 32.6 Å². The molecule has 0 aliphatic rings. The van der Waals surface area contributed by atoms with E-state index in [0.29, 0.717) is 5.56 Å². The van der Waals surface area contributed by atoms with E-state index in [1.807, 2.05) is 51.1 Å². The summed E-state index contributed by atoms with van der Waals surface area (Å²) < 4.78 is 42.8. The number of para-hydroxylation sites is 1. The van der Waals surface area contributed by atoms with Gasteiger partial charge in [-0.05, 0) is 68.3 Å². The number of carbonyl (C=O) groups is 2. The van der Waals surface area contributed by atoms with Crippen molar-refractivity contribution in [2.75, 3.05) is 10.8 Å². The van der Waals surface area contributed by atoms with Crippen LogP contribution in [0, 0.1) is 5.82 Å². The van der Waals surface area contributed by atoms with Crippen LogP contribution in [0.25, 0.3) is 0 Å². The topological polar surface area (TPSA) is 86.8 Å². The van der Waals surface area contributed by atoms with Gasteiger partial charge < -0.3 is 10.2 Å². The third-order valence-electron chi connectivity index (χ3n) is 6.77. The van der Waals surface area contributed by atoms with E-state index < -0.39 is 45.8 Å². The highest BCUT2D eigenvalue weighted by molar-refractivity contribution is 7.92. The fraction of sp³-hybridized carbons (Fsp3) is 0.235. The van der Waals surface area contributed by atoms with E-state index in [-0.39, 0.29) is 28.6 Å². The average molecular weight is 636 g/mol. The van der Waals surface area contributed by atoms with Gasteiger partial charge in [0.1, 0.15) is 18.4 Å². The number of nitrogens with zero attached hydrogens (tertiary/aromatic N) is 2. The number of amides is 2. The van der Waals surface area contributed by atoms with Crippen LogP contribution >= 0.6 is 11.6 Å². The molecule has 0 aliphatic heterocycles. The molecule has 7 nitrogen and oxygen atoms in total. The minimum atomic E-state index is -4.27. The molecule has 10 heteroatoms. The predicted octanol–water partition coefficient (Wildman–Crippen LogP) is 6.23. The van der Waals surface area contributed by atoms with E-state index in [0.717, 1.165) is 9.87 Å². The molecule has 0 radical (unpaired) electrons. The molecule has 230 valence electrons. The molecule has 0 unspecified atom stereocenters. The van der Waals surface area contributed by atoms with Crippen LogP contribution in [0.15, 0.2) is 114 Å². The summed E-state index contributed by atoms with van der Waals surface area (Å²) in [5.74, 6) is -1.50. The van der Waals surface area contributed by atoms with E-state index in [2.05, 4.69) is 5.32 Å². The van der Waals surface area contributed by atoms with E-state index in [9.17, 15) is 22.4 Å². The lowest BCUT2D eigenvalue weighted by Crippen LogP contribution is -2.56. The second-order valence-corrected chi connectivity index (χ2v) is 13.6. The molecule has 44 heavy (non-hydrogen) atoms. The Kier molecular flexibility index (Phi) is 10.4. The molecule has 0 saturated heterocycles. The van der Waals surface area contributed by atoms with Crippen LogP contribution in [0.1, 0.15) is 31.9 Å². The second-order valence-electron chi connectivity index (χ2n) is 11.4. The van der Waals surface area contributed by atoms with Gasteiger partial charge in [0.25, 0.3) is 10.0 Å². The van der Waals surface area contributed by atoms with Crippen LogP contribution in [-0.4, -0.2) is 43.3 Å². The standard InChI is InChI=1S/C34H35ClFN3O4S/c1-34(2,3)37-33(41)31(22-25-12-6-4-7-13-25)38(23-26-18-20-27(36)21-19-26)32(40)24-39(30-17-11-10-16-29(30)35)44(42,43)28-14-8-5-9-15-28/h4-21,31H,22-24H2,1-3H3,(H,37,41)/t31-/m1/s1. The van der Waals surface area contributed by atoms with E-state index >= 15 is 0 Å². The van der Waals surface area contributed by atoms with Gasteiger partial charge in [-0.25, -0.2) is 12.8 Å². The highest BCUT2D eigenvalue weighted by atomic mass is 35.5. The molecule has 0 spiro atoms. The number of rotatable bonds is 11. The molecule has 2 amide bonds. The lowest BCUT2D eigenvalue weighted by Gasteiger charge is -2.35. The largest absolute Gasteiger partial charge is 0.350 e. The summed E-state index contributed by atoms with van der Waals surface area (Å²) in [6.07, 6.45) is 0.160. The van der Waals surface area contributed by atoms with Crippen molar-refractivity contribution >= 4 is 39.1 Å². The minimum absolute atomic E-state index is 0.0240. The molecule has 0 saturated carbocycles.